The molecule has 0 rings (SSSR count). The minimum atomic E-state index is -3.87. The van der Waals surface area contributed by atoms with Crippen molar-refractivity contribution in [3.63, 3.8) is 0 Å². The molecule has 0 fully saturated rings. The number of halogens is 4. The summed E-state index contributed by atoms with van der Waals surface area (Å²) in [7, 11) is 0. The van der Waals surface area contributed by atoms with Crippen LogP contribution in [0.3, 0.4) is 0 Å². The molecule has 0 N–H and O–H groups in total. The first-order valence-corrected chi connectivity index (χ1v) is 2.57. The summed E-state index contributed by atoms with van der Waals surface area (Å²) in [6.07, 6.45) is -3.50. The van der Waals surface area contributed by atoms with Crippen LogP contribution in [-0.2, 0) is 0 Å². The van der Waals surface area contributed by atoms with E-state index < -0.39 is 18.8 Å². The van der Waals surface area contributed by atoms with E-state index in [1.54, 1.807) is 0 Å². The number of hydrogen-bond donors (Lipinski definition) is 0. The van der Waals surface area contributed by atoms with Crippen LogP contribution in [0.5, 0.6) is 0 Å². The predicted molar refractivity (Wildman–Crippen MR) is 25.3 cm³/mol. The zero-order valence-corrected chi connectivity index (χ0v) is 4.93. The summed E-state index contributed by atoms with van der Waals surface area (Å²) in [4.78, 5) is 0. The Morgan fingerprint density at radius 2 is 1.78 bits per heavy atom. The van der Waals surface area contributed by atoms with Gasteiger partial charge in [0.25, 0.3) is 0 Å². The lowest BCUT2D eigenvalue weighted by atomic mass is 10.2. The third-order valence-corrected chi connectivity index (χ3v) is 0.840. The van der Waals surface area contributed by atoms with Crippen LogP contribution >= 0.6 is 0 Å². The minimum absolute atomic E-state index is 0.0599. The Balaban J connectivity index is 3.70. The van der Waals surface area contributed by atoms with Gasteiger partial charge >= 0.3 is 12.3 Å². The first-order valence-electron chi connectivity index (χ1n) is 2.57. The maximum absolute atomic E-state index is 11.8. The molecule has 0 saturated heterocycles. The van der Waals surface area contributed by atoms with Gasteiger partial charge in [0.1, 0.15) is 0 Å². The zero-order chi connectivity index (χ0) is 7.49. The maximum Gasteiger partial charge on any atom is 0.378 e. The zero-order valence-electron chi connectivity index (χ0n) is 4.93. The van der Waals surface area contributed by atoms with Gasteiger partial charge in [0.05, 0.1) is 0 Å². The summed E-state index contributed by atoms with van der Waals surface area (Å²) in [6, 6.07) is 0. The third-order valence-electron chi connectivity index (χ3n) is 0.840. The van der Waals surface area contributed by atoms with Crippen LogP contribution in [0.2, 0.25) is 0 Å². The lowest BCUT2D eigenvalue weighted by Crippen LogP contribution is -2.19. The Kier molecular flexibility index (Phi) is 2.94. The van der Waals surface area contributed by atoms with Crippen LogP contribution in [0, 0.1) is 6.43 Å². The smallest absolute Gasteiger partial charge is 0.200 e. The van der Waals surface area contributed by atoms with Crippen molar-refractivity contribution in [3.8, 4) is 0 Å². The third kappa shape index (κ3) is 2.67. The van der Waals surface area contributed by atoms with Crippen LogP contribution < -0.4 is 0 Å². The molecule has 0 unspecified atom stereocenters. The maximum atomic E-state index is 11.8. The van der Waals surface area contributed by atoms with Gasteiger partial charge in [-0.3, -0.25) is 0 Å². The second-order valence-corrected chi connectivity index (χ2v) is 1.71. The molecule has 0 nitrogen and oxygen atoms in total. The van der Waals surface area contributed by atoms with E-state index in [1.165, 1.54) is 6.92 Å². The predicted octanol–water partition coefficient (Wildman–Crippen LogP) is 2.85. The number of rotatable bonds is 3. The molecule has 0 heterocycles. The van der Waals surface area contributed by atoms with Crippen molar-refractivity contribution in [1.82, 2.24) is 0 Å². The molecule has 9 heavy (non-hydrogen) atoms. The molecule has 0 aromatic heterocycles. The Labute approximate surface area is 50.9 Å². The highest BCUT2D eigenvalue weighted by molar-refractivity contribution is 4.81. The van der Waals surface area contributed by atoms with Gasteiger partial charge in [-0.1, -0.05) is 13.3 Å². The van der Waals surface area contributed by atoms with Gasteiger partial charge in [0, 0.05) is 6.42 Å². The largest absolute Gasteiger partial charge is 0.378 e. The standard InChI is InChI=1S/C5H7F4/c1-2-3-5(8,9)4(6)7/h2-3H2,1H3. The normalized spacial score (nSPS) is 12.7. The average molecular weight is 143 g/mol. The van der Waals surface area contributed by atoms with Crippen molar-refractivity contribution >= 4 is 0 Å². The fourth-order valence-corrected chi connectivity index (χ4v) is 0.408. The minimum Gasteiger partial charge on any atom is -0.200 e. The monoisotopic (exact) mass is 143 g/mol. The van der Waals surface area contributed by atoms with Gasteiger partial charge in [0.15, 0.2) is 0 Å². The van der Waals surface area contributed by atoms with Crippen LogP contribution in [0.25, 0.3) is 0 Å². The van der Waals surface area contributed by atoms with E-state index in [1.807, 2.05) is 0 Å². The van der Waals surface area contributed by atoms with Gasteiger partial charge in [-0.05, 0) is 0 Å². The lowest BCUT2D eigenvalue weighted by Gasteiger charge is -2.10. The average Bonchev–Trinajstić information content (AvgIpc) is 1.65. The van der Waals surface area contributed by atoms with Crippen molar-refractivity contribution in [2.45, 2.75) is 25.7 Å². The van der Waals surface area contributed by atoms with Crippen molar-refractivity contribution in [3.05, 3.63) is 6.43 Å². The Morgan fingerprint density at radius 1 is 1.33 bits per heavy atom. The van der Waals surface area contributed by atoms with E-state index >= 15 is 0 Å². The number of hydrogen-bond acceptors (Lipinski definition) is 0. The second-order valence-electron chi connectivity index (χ2n) is 1.71. The molecule has 0 bridgehead atoms. The van der Waals surface area contributed by atoms with Crippen LogP contribution in [-0.4, -0.2) is 5.92 Å². The van der Waals surface area contributed by atoms with Gasteiger partial charge < -0.3 is 0 Å². The summed E-state index contributed by atoms with van der Waals surface area (Å²) in [5.74, 6) is -3.87. The molecule has 0 aliphatic heterocycles. The fourth-order valence-electron chi connectivity index (χ4n) is 0.408. The Bertz CT molecular complexity index is 79.0. The molecule has 0 aromatic carbocycles. The first kappa shape index (κ1) is 8.72. The van der Waals surface area contributed by atoms with Crippen molar-refractivity contribution in [2.24, 2.45) is 0 Å². The summed E-state index contributed by atoms with van der Waals surface area (Å²) in [5.41, 5.74) is 0. The summed E-state index contributed by atoms with van der Waals surface area (Å²) < 4.78 is 45.9. The van der Waals surface area contributed by atoms with E-state index in [9.17, 15) is 17.6 Å². The highest BCUT2D eigenvalue weighted by Gasteiger charge is 2.41. The van der Waals surface area contributed by atoms with Crippen molar-refractivity contribution in [1.29, 1.82) is 0 Å². The molecule has 0 spiro atoms. The second kappa shape index (κ2) is 3.03. The molecular weight excluding hydrogens is 136 g/mol. The quantitative estimate of drug-likeness (QED) is 0.533. The Morgan fingerprint density at radius 3 is 1.89 bits per heavy atom. The van der Waals surface area contributed by atoms with Crippen molar-refractivity contribution in [2.75, 3.05) is 0 Å². The Hall–Kier alpha value is -0.280. The fraction of sp³-hybridized carbons (Fsp3) is 0.800. The topological polar surface area (TPSA) is 0 Å². The molecule has 0 amide bonds. The van der Waals surface area contributed by atoms with Crippen LogP contribution in [0.1, 0.15) is 19.8 Å². The summed E-state index contributed by atoms with van der Waals surface area (Å²) >= 11 is 0. The van der Waals surface area contributed by atoms with E-state index in [0.717, 1.165) is 0 Å². The van der Waals surface area contributed by atoms with E-state index in [2.05, 4.69) is 0 Å². The van der Waals surface area contributed by atoms with Crippen LogP contribution in [0.4, 0.5) is 17.6 Å². The lowest BCUT2D eigenvalue weighted by molar-refractivity contribution is -0.0659. The van der Waals surface area contributed by atoms with Gasteiger partial charge in [0.2, 0.25) is 0 Å². The molecule has 0 atom stereocenters. The highest BCUT2D eigenvalue weighted by Crippen LogP contribution is 2.32. The van der Waals surface area contributed by atoms with Crippen molar-refractivity contribution < 1.29 is 17.6 Å². The SMILES string of the molecule is CCCC(F)(F)[C](F)F. The van der Waals surface area contributed by atoms with E-state index in [4.69, 9.17) is 0 Å². The molecule has 0 aliphatic carbocycles. The molecule has 0 aromatic rings. The molecule has 1 radical (unpaired) electrons. The number of alkyl halides is 2. The highest BCUT2D eigenvalue weighted by atomic mass is 19.3. The van der Waals surface area contributed by atoms with Crippen LogP contribution in [0.15, 0.2) is 0 Å². The molecule has 0 aliphatic rings. The molecular formula is C5H7F4. The molecule has 4 heteroatoms. The summed E-state index contributed by atoms with van der Waals surface area (Å²) in [5, 5.41) is 0. The van der Waals surface area contributed by atoms with E-state index in [-0.39, 0.29) is 6.42 Å². The van der Waals surface area contributed by atoms with E-state index in [0.29, 0.717) is 0 Å². The van der Waals surface area contributed by atoms with Gasteiger partial charge in [-0.15, -0.1) is 0 Å². The first-order chi connectivity index (χ1) is 4.00. The molecule has 55 valence electrons. The van der Waals surface area contributed by atoms with Gasteiger partial charge in [-0.2, -0.15) is 17.6 Å². The summed E-state index contributed by atoms with van der Waals surface area (Å²) in [6.45, 7) is 1.43. The molecule has 0 saturated carbocycles. The van der Waals surface area contributed by atoms with Gasteiger partial charge in [-0.25, -0.2) is 0 Å².